The van der Waals surface area contributed by atoms with Crippen LogP contribution in [-0.2, 0) is 12.6 Å². The van der Waals surface area contributed by atoms with Crippen molar-refractivity contribution in [3.63, 3.8) is 0 Å². The smallest absolute Gasteiger partial charge is 0.417 e. The van der Waals surface area contributed by atoms with E-state index in [1.165, 1.54) is 11.6 Å². The second-order valence-corrected chi connectivity index (χ2v) is 7.53. The van der Waals surface area contributed by atoms with Crippen molar-refractivity contribution in [1.29, 1.82) is 0 Å². The zero-order valence-corrected chi connectivity index (χ0v) is 16.7. The summed E-state index contributed by atoms with van der Waals surface area (Å²) < 4.78 is 43.8. The number of hydrogen-bond donors (Lipinski definition) is 0. The van der Waals surface area contributed by atoms with Crippen LogP contribution in [0.4, 0.5) is 18.9 Å². The molecule has 0 radical (unpaired) electrons. The monoisotopic (exact) mass is 426 g/mol. The molecule has 160 valence electrons. The van der Waals surface area contributed by atoms with Gasteiger partial charge in [0.15, 0.2) is 6.29 Å². The zero-order valence-electron chi connectivity index (χ0n) is 16.7. The van der Waals surface area contributed by atoms with E-state index in [0.29, 0.717) is 25.1 Å². The zero-order chi connectivity index (χ0) is 21.8. The lowest BCUT2D eigenvalue weighted by molar-refractivity contribution is -0.137. The molecule has 1 fully saturated rings. The van der Waals surface area contributed by atoms with Crippen molar-refractivity contribution < 1.29 is 22.7 Å². The summed E-state index contributed by atoms with van der Waals surface area (Å²) in [6, 6.07) is 18.1. The Hall–Kier alpha value is -3.35. The first kappa shape index (κ1) is 20.9. The van der Waals surface area contributed by atoms with E-state index in [1.54, 1.807) is 0 Å². The average Bonchev–Trinajstić information content (AvgIpc) is 3.22. The number of pyridine rings is 1. The summed E-state index contributed by atoms with van der Waals surface area (Å²) in [7, 11) is 0. The number of halogens is 3. The number of carbonyl (C=O) groups excluding carboxylic acids is 1. The summed E-state index contributed by atoms with van der Waals surface area (Å²) in [4.78, 5) is 17.5. The largest absolute Gasteiger partial charge is 0.472 e. The fraction of sp³-hybridized carbons (Fsp3) is 0.250. The molecule has 0 aliphatic carbocycles. The molecule has 0 saturated carbocycles. The molecule has 1 unspecified atom stereocenters. The van der Waals surface area contributed by atoms with Crippen molar-refractivity contribution in [3.8, 4) is 5.88 Å². The molecule has 4 rings (SSSR count). The third-order valence-corrected chi connectivity index (χ3v) is 5.31. The van der Waals surface area contributed by atoms with Gasteiger partial charge in [-0.15, -0.1) is 0 Å². The molecule has 1 aliphatic heterocycles. The molecule has 0 bridgehead atoms. The van der Waals surface area contributed by atoms with Gasteiger partial charge in [0.25, 0.3) is 0 Å². The van der Waals surface area contributed by atoms with Crippen molar-refractivity contribution in [3.05, 3.63) is 89.1 Å². The van der Waals surface area contributed by atoms with Gasteiger partial charge in [0.05, 0.1) is 12.1 Å². The number of rotatable bonds is 6. The number of carbonyl (C=O) groups is 1. The summed E-state index contributed by atoms with van der Waals surface area (Å²) >= 11 is 0. The van der Waals surface area contributed by atoms with Gasteiger partial charge in [-0.1, -0.05) is 36.4 Å². The lowest BCUT2D eigenvalue weighted by Gasteiger charge is -2.21. The van der Waals surface area contributed by atoms with Crippen molar-refractivity contribution in [2.24, 2.45) is 0 Å². The second-order valence-electron chi connectivity index (χ2n) is 7.53. The predicted molar refractivity (Wildman–Crippen MR) is 112 cm³/mol. The van der Waals surface area contributed by atoms with Crippen molar-refractivity contribution in [1.82, 2.24) is 4.98 Å². The minimum Gasteiger partial charge on any atom is -0.472 e. The van der Waals surface area contributed by atoms with Gasteiger partial charge in [-0.3, -0.25) is 4.79 Å². The van der Waals surface area contributed by atoms with Gasteiger partial charge in [-0.25, -0.2) is 4.98 Å². The topological polar surface area (TPSA) is 42.4 Å². The number of aldehydes is 1. The van der Waals surface area contributed by atoms with E-state index < -0.39 is 11.7 Å². The SMILES string of the molecule is O=Cc1cc(Cc2ccccc2)ccc1N1CCC(Oc2ccc(C(F)(F)F)cn2)C1. The van der Waals surface area contributed by atoms with Crippen LogP contribution >= 0.6 is 0 Å². The average molecular weight is 426 g/mol. The van der Waals surface area contributed by atoms with Crippen LogP contribution in [0.1, 0.15) is 33.5 Å². The minimum absolute atomic E-state index is 0.161. The highest BCUT2D eigenvalue weighted by Gasteiger charge is 2.31. The Morgan fingerprint density at radius 1 is 1.06 bits per heavy atom. The molecule has 1 saturated heterocycles. The summed E-state index contributed by atoms with van der Waals surface area (Å²) in [5.74, 6) is 0.161. The maximum absolute atomic E-state index is 12.7. The number of alkyl halides is 3. The first-order valence-electron chi connectivity index (χ1n) is 9.99. The Balaban J connectivity index is 1.42. The fourth-order valence-corrected chi connectivity index (χ4v) is 3.76. The maximum atomic E-state index is 12.7. The van der Waals surface area contributed by atoms with Gasteiger partial charge in [0.1, 0.15) is 6.10 Å². The van der Waals surface area contributed by atoms with Crippen molar-refractivity contribution in [2.45, 2.75) is 25.1 Å². The first-order chi connectivity index (χ1) is 14.9. The van der Waals surface area contributed by atoms with Crippen LogP contribution in [-0.4, -0.2) is 30.5 Å². The van der Waals surface area contributed by atoms with Gasteiger partial charge < -0.3 is 9.64 Å². The molecular weight excluding hydrogens is 405 g/mol. The van der Waals surface area contributed by atoms with E-state index in [2.05, 4.69) is 9.88 Å². The molecule has 7 heteroatoms. The normalized spacial score (nSPS) is 16.4. The van der Waals surface area contributed by atoms with E-state index in [4.69, 9.17) is 4.74 Å². The van der Waals surface area contributed by atoms with Crippen LogP contribution < -0.4 is 9.64 Å². The molecule has 3 aromatic rings. The predicted octanol–water partition coefficient (Wildman–Crippen LogP) is 5.16. The Morgan fingerprint density at radius 2 is 1.87 bits per heavy atom. The molecule has 2 heterocycles. The van der Waals surface area contributed by atoms with Crippen LogP contribution in [0.2, 0.25) is 0 Å². The number of nitrogens with zero attached hydrogens (tertiary/aromatic N) is 2. The Labute approximate surface area is 178 Å². The van der Waals surface area contributed by atoms with Gasteiger partial charge >= 0.3 is 6.18 Å². The minimum atomic E-state index is -4.42. The Bertz CT molecular complexity index is 1040. The number of anilines is 1. The number of ether oxygens (including phenoxy) is 1. The van der Waals surface area contributed by atoms with Crippen LogP contribution in [0.3, 0.4) is 0 Å². The molecule has 0 spiro atoms. The van der Waals surface area contributed by atoms with E-state index >= 15 is 0 Å². The lowest BCUT2D eigenvalue weighted by atomic mass is 10.0. The molecule has 0 amide bonds. The molecule has 0 N–H and O–H groups in total. The van der Waals surface area contributed by atoms with Crippen molar-refractivity contribution >= 4 is 12.0 Å². The van der Waals surface area contributed by atoms with Crippen molar-refractivity contribution in [2.75, 3.05) is 18.0 Å². The number of aromatic nitrogens is 1. The Morgan fingerprint density at radius 3 is 2.55 bits per heavy atom. The number of hydrogen-bond acceptors (Lipinski definition) is 4. The summed E-state index contributed by atoms with van der Waals surface area (Å²) in [5, 5.41) is 0. The maximum Gasteiger partial charge on any atom is 0.417 e. The highest BCUT2D eigenvalue weighted by molar-refractivity contribution is 5.85. The molecule has 1 atom stereocenters. The second kappa shape index (κ2) is 8.79. The molecule has 2 aromatic carbocycles. The standard InChI is InChI=1S/C24H21F3N2O2/c25-24(26,27)20-7-9-23(28-14-20)31-21-10-11-29(15-21)22-8-6-18(13-19(22)16-30)12-17-4-2-1-3-5-17/h1-9,13-14,16,21H,10-12,15H2. The van der Waals surface area contributed by atoms with E-state index in [0.717, 1.165) is 36.2 Å². The van der Waals surface area contributed by atoms with Gasteiger partial charge in [-0.2, -0.15) is 13.2 Å². The molecule has 31 heavy (non-hydrogen) atoms. The van der Waals surface area contributed by atoms with Gasteiger partial charge in [-0.05, 0) is 35.7 Å². The molecule has 1 aromatic heterocycles. The van der Waals surface area contributed by atoms with Crippen LogP contribution in [0.25, 0.3) is 0 Å². The highest BCUT2D eigenvalue weighted by Crippen LogP contribution is 2.30. The summed E-state index contributed by atoms with van der Waals surface area (Å²) in [5.41, 5.74) is 2.86. The third kappa shape index (κ3) is 5.05. The molecule has 4 nitrogen and oxygen atoms in total. The molecule has 1 aliphatic rings. The number of benzene rings is 2. The Kier molecular flexibility index (Phi) is 5.93. The van der Waals surface area contributed by atoms with E-state index in [-0.39, 0.29) is 12.0 Å². The summed E-state index contributed by atoms with van der Waals surface area (Å²) in [6.07, 6.45) is -1.58. The third-order valence-electron chi connectivity index (χ3n) is 5.31. The fourth-order valence-electron chi connectivity index (χ4n) is 3.76. The van der Waals surface area contributed by atoms with Crippen LogP contribution in [0, 0.1) is 0 Å². The van der Waals surface area contributed by atoms with E-state index in [9.17, 15) is 18.0 Å². The van der Waals surface area contributed by atoms with Crippen LogP contribution in [0.5, 0.6) is 5.88 Å². The van der Waals surface area contributed by atoms with Crippen LogP contribution in [0.15, 0.2) is 66.9 Å². The molecular formula is C24H21F3N2O2. The van der Waals surface area contributed by atoms with Gasteiger partial charge in [0, 0.05) is 36.5 Å². The highest BCUT2D eigenvalue weighted by atomic mass is 19.4. The first-order valence-corrected chi connectivity index (χ1v) is 9.99. The quantitative estimate of drug-likeness (QED) is 0.511. The van der Waals surface area contributed by atoms with Gasteiger partial charge in [0.2, 0.25) is 5.88 Å². The summed E-state index contributed by atoms with van der Waals surface area (Å²) in [6.45, 7) is 1.21. The lowest BCUT2D eigenvalue weighted by Crippen LogP contribution is -2.25. The van der Waals surface area contributed by atoms with E-state index in [1.807, 2.05) is 48.5 Å².